The molecule has 25 heavy (non-hydrogen) atoms. The summed E-state index contributed by atoms with van der Waals surface area (Å²) in [4.78, 5) is 1.98. The minimum Gasteiger partial charge on any atom is -0.331 e. The zero-order valence-corrected chi connectivity index (χ0v) is 15.6. The first-order valence-corrected chi connectivity index (χ1v) is 10.5. The van der Waals surface area contributed by atoms with Crippen molar-refractivity contribution in [2.24, 2.45) is 16.2 Å². The minimum atomic E-state index is -3.31. The van der Waals surface area contributed by atoms with Gasteiger partial charge in [0.1, 0.15) is 5.84 Å². The van der Waals surface area contributed by atoms with Gasteiger partial charge < -0.3 is 4.90 Å². The summed E-state index contributed by atoms with van der Waals surface area (Å²) in [5.74, 6) is 1.76. The van der Waals surface area contributed by atoms with Crippen LogP contribution >= 0.6 is 0 Å². The van der Waals surface area contributed by atoms with Gasteiger partial charge in [0, 0.05) is 12.7 Å². The van der Waals surface area contributed by atoms with E-state index in [4.69, 9.17) is 0 Å². The molecule has 0 radical (unpaired) electrons. The molecule has 3 rings (SSSR count). The summed E-state index contributed by atoms with van der Waals surface area (Å²) in [5, 5.41) is 0. The van der Waals surface area contributed by atoms with Crippen LogP contribution in [0.1, 0.15) is 32.6 Å². The van der Waals surface area contributed by atoms with Gasteiger partial charge in [0.25, 0.3) is 10.0 Å². The Morgan fingerprint density at radius 1 is 1.28 bits per heavy atom. The van der Waals surface area contributed by atoms with E-state index in [9.17, 15) is 8.42 Å². The van der Waals surface area contributed by atoms with Crippen molar-refractivity contribution < 1.29 is 8.42 Å². The number of nitrogens with zero attached hydrogens (tertiary/aromatic N) is 2. The SMILES string of the molecule is C=C/C=C\C=C(/C)C1CCC(C2=CC=CN3CCS(=O)(=O)N=C23)CC1. The van der Waals surface area contributed by atoms with Gasteiger partial charge in [-0.3, -0.25) is 0 Å². The van der Waals surface area contributed by atoms with Crippen LogP contribution < -0.4 is 0 Å². The Labute approximate surface area is 151 Å². The third-order valence-corrected chi connectivity index (χ3v) is 6.45. The maximum Gasteiger partial charge on any atom is 0.256 e. The molecule has 134 valence electrons. The number of allylic oxidation sites excluding steroid dienone is 7. The van der Waals surface area contributed by atoms with Crippen LogP contribution in [0.3, 0.4) is 0 Å². The van der Waals surface area contributed by atoms with Gasteiger partial charge in [-0.15, -0.1) is 4.40 Å². The summed E-state index contributed by atoms with van der Waals surface area (Å²) in [7, 11) is -3.31. The number of amidine groups is 1. The fraction of sp³-hybridized carbons (Fsp3) is 0.450. The third-order valence-electron chi connectivity index (χ3n) is 5.31. The van der Waals surface area contributed by atoms with E-state index in [2.05, 4.69) is 30.1 Å². The number of sulfonamides is 1. The van der Waals surface area contributed by atoms with E-state index in [1.165, 1.54) is 5.57 Å². The molecule has 0 aromatic rings. The maximum atomic E-state index is 11.9. The molecule has 0 aromatic carbocycles. The highest BCUT2D eigenvalue weighted by molar-refractivity contribution is 7.90. The molecule has 0 unspecified atom stereocenters. The van der Waals surface area contributed by atoms with Gasteiger partial charge in [-0.1, -0.05) is 42.5 Å². The summed E-state index contributed by atoms with van der Waals surface area (Å²) < 4.78 is 27.9. The van der Waals surface area contributed by atoms with Gasteiger partial charge in [0.05, 0.1) is 5.75 Å². The molecule has 4 nitrogen and oxygen atoms in total. The fourth-order valence-electron chi connectivity index (χ4n) is 3.84. The molecule has 0 amide bonds. The van der Waals surface area contributed by atoms with Crippen molar-refractivity contribution in [2.45, 2.75) is 32.6 Å². The molecular formula is C20H26N2O2S. The standard InChI is InChI=1S/C20H26N2O2S/c1-3-4-5-7-16(2)17-9-11-18(12-10-17)19-8-6-13-22-14-15-25(23,24)21-20(19)22/h3-8,13,17-18H,1,9-12,14-15H2,2H3/b5-4-,16-7+. The fourth-order valence-corrected chi connectivity index (χ4v) is 4.83. The highest BCUT2D eigenvalue weighted by atomic mass is 32.2. The normalized spacial score (nSPS) is 29.2. The lowest BCUT2D eigenvalue weighted by molar-refractivity contribution is 0.336. The molecule has 1 saturated carbocycles. The van der Waals surface area contributed by atoms with Gasteiger partial charge in [0.15, 0.2) is 0 Å². The van der Waals surface area contributed by atoms with E-state index in [1.807, 2.05) is 29.3 Å². The van der Waals surface area contributed by atoms with Gasteiger partial charge in [-0.05, 0) is 56.1 Å². The van der Waals surface area contributed by atoms with Crippen molar-refractivity contribution >= 4 is 15.9 Å². The third kappa shape index (κ3) is 4.21. The van der Waals surface area contributed by atoms with Crippen LogP contribution in [0.2, 0.25) is 0 Å². The molecule has 0 spiro atoms. The van der Waals surface area contributed by atoms with E-state index in [0.29, 0.717) is 24.2 Å². The van der Waals surface area contributed by atoms with Gasteiger partial charge in [0.2, 0.25) is 0 Å². The second-order valence-electron chi connectivity index (χ2n) is 6.94. The number of fused-ring (bicyclic) bond motifs is 1. The first-order chi connectivity index (χ1) is 12.0. The smallest absolute Gasteiger partial charge is 0.256 e. The molecule has 0 bridgehead atoms. The lowest BCUT2D eigenvalue weighted by Gasteiger charge is -2.36. The summed E-state index contributed by atoms with van der Waals surface area (Å²) in [6.45, 7) is 6.39. The Balaban J connectivity index is 1.70. The molecule has 2 aliphatic heterocycles. The zero-order chi connectivity index (χ0) is 17.9. The Morgan fingerprint density at radius 2 is 2.04 bits per heavy atom. The Morgan fingerprint density at radius 3 is 2.76 bits per heavy atom. The molecule has 1 aliphatic carbocycles. The average Bonchev–Trinajstić information content (AvgIpc) is 2.61. The molecule has 0 N–H and O–H groups in total. The van der Waals surface area contributed by atoms with Crippen molar-refractivity contribution in [1.29, 1.82) is 0 Å². The van der Waals surface area contributed by atoms with E-state index >= 15 is 0 Å². The van der Waals surface area contributed by atoms with Crippen LogP contribution in [0.4, 0.5) is 0 Å². The monoisotopic (exact) mass is 358 g/mol. The lowest BCUT2D eigenvalue weighted by atomic mass is 9.75. The summed E-state index contributed by atoms with van der Waals surface area (Å²) in [5.41, 5.74) is 2.51. The summed E-state index contributed by atoms with van der Waals surface area (Å²) in [6, 6.07) is 0. The minimum absolute atomic E-state index is 0.100. The molecule has 0 aromatic heterocycles. The van der Waals surface area contributed by atoms with Crippen LogP contribution in [-0.2, 0) is 10.0 Å². The second kappa shape index (κ2) is 7.56. The van der Waals surface area contributed by atoms with Crippen molar-refractivity contribution in [2.75, 3.05) is 12.3 Å². The topological polar surface area (TPSA) is 49.7 Å². The Kier molecular flexibility index (Phi) is 5.42. The van der Waals surface area contributed by atoms with Crippen LogP contribution in [0.5, 0.6) is 0 Å². The molecule has 0 atom stereocenters. The molecular weight excluding hydrogens is 332 g/mol. The second-order valence-corrected chi connectivity index (χ2v) is 8.69. The summed E-state index contributed by atoms with van der Waals surface area (Å²) in [6.07, 6.45) is 18.4. The molecule has 5 heteroatoms. The van der Waals surface area contributed by atoms with Crippen LogP contribution in [0.25, 0.3) is 0 Å². The zero-order valence-electron chi connectivity index (χ0n) is 14.8. The highest BCUT2D eigenvalue weighted by Crippen LogP contribution is 2.38. The number of rotatable bonds is 4. The lowest BCUT2D eigenvalue weighted by Crippen LogP contribution is -2.40. The molecule has 0 saturated heterocycles. The van der Waals surface area contributed by atoms with E-state index in [0.717, 1.165) is 31.3 Å². The van der Waals surface area contributed by atoms with Crippen LogP contribution in [0, 0.1) is 11.8 Å². The van der Waals surface area contributed by atoms with Gasteiger partial charge >= 0.3 is 0 Å². The number of hydrogen-bond acceptors (Lipinski definition) is 3. The molecule has 1 fully saturated rings. The largest absolute Gasteiger partial charge is 0.331 e. The van der Waals surface area contributed by atoms with Gasteiger partial charge in [-0.2, -0.15) is 0 Å². The van der Waals surface area contributed by atoms with E-state index in [1.54, 1.807) is 6.08 Å². The van der Waals surface area contributed by atoms with E-state index in [-0.39, 0.29) is 5.75 Å². The number of hydrogen-bond donors (Lipinski definition) is 0. The molecule has 2 heterocycles. The first kappa shape index (κ1) is 17.9. The Bertz CT molecular complexity index is 777. The van der Waals surface area contributed by atoms with Gasteiger partial charge in [-0.25, -0.2) is 8.42 Å². The summed E-state index contributed by atoms with van der Waals surface area (Å²) >= 11 is 0. The van der Waals surface area contributed by atoms with Crippen molar-refractivity contribution in [3.05, 3.63) is 60.4 Å². The van der Waals surface area contributed by atoms with E-state index < -0.39 is 10.0 Å². The highest BCUT2D eigenvalue weighted by Gasteiger charge is 2.32. The maximum absolute atomic E-state index is 11.9. The van der Waals surface area contributed by atoms with Crippen LogP contribution in [-0.4, -0.2) is 31.5 Å². The quantitative estimate of drug-likeness (QED) is 0.714. The molecule has 3 aliphatic rings. The van der Waals surface area contributed by atoms with Crippen molar-refractivity contribution in [3.63, 3.8) is 0 Å². The van der Waals surface area contributed by atoms with Crippen molar-refractivity contribution in [3.8, 4) is 0 Å². The first-order valence-electron chi connectivity index (χ1n) is 8.94. The average molecular weight is 359 g/mol. The predicted octanol–water partition coefficient (Wildman–Crippen LogP) is 3.98. The predicted molar refractivity (Wildman–Crippen MR) is 104 cm³/mol. The van der Waals surface area contributed by atoms with Crippen molar-refractivity contribution in [1.82, 2.24) is 4.90 Å². The van der Waals surface area contributed by atoms with Crippen LogP contribution in [0.15, 0.2) is 64.8 Å². The Hall–Kier alpha value is -1.88.